The minimum Gasteiger partial charge on any atom is -0.324 e. The first-order chi connectivity index (χ1) is 9.29. The molecular weight excluding hydrogens is 287 g/mol. The van der Waals surface area contributed by atoms with Gasteiger partial charge in [0.05, 0.1) is 5.56 Å². The first-order valence-corrected chi connectivity index (χ1v) is 6.39. The van der Waals surface area contributed by atoms with Crippen molar-refractivity contribution in [1.29, 1.82) is 0 Å². The molecule has 1 unspecified atom stereocenters. The van der Waals surface area contributed by atoms with Crippen LogP contribution in [0.15, 0.2) is 42.5 Å². The van der Waals surface area contributed by atoms with Crippen LogP contribution in [0.25, 0.3) is 11.1 Å². The summed E-state index contributed by atoms with van der Waals surface area (Å²) < 4.78 is 38.2. The number of rotatable bonds is 2. The minimum atomic E-state index is -4.37. The van der Waals surface area contributed by atoms with E-state index in [4.69, 9.17) is 17.3 Å². The maximum atomic E-state index is 12.7. The van der Waals surface area contributed by atoms with Crippen LogP contribution >= 0.6 is 11.6 Å². The molecule has 0 spiro atoms. The van der Waals surface area contributed by atoms with Crippen LogP contribution in [0.4, 0.5) is 13.2 Å². The Morgan fingerprint density at radius 1 is 1.10 bits per heavy atom. The average molecular weight is 300 g/mol. The molecular formula is C15H13ClF3N. The van der Waals surface area contributed by atoms with Crippen LogP contribution in [0, 0.1) is 0 Å². The van der Waals surface area contributed by atoms with E-state index in [9.17, 15) is 13.2 Å². The molecule has 5 heteroatoms. The van der Waals surface area contributed by atoms with E-state index < -0.39 is 11.7 Å². The summed E-state index contributed by atoms with van der Waals surface area (Å²) in [7, 11) is 0. The van der Waals surface area contributed by atoms with Crippen molar-refractivity contribution in [3.05, 3.63) is 58.6 Å². The van der Waals surface area contributed by atoms with Gasteiger partial charge in [0.1, 0.15) is 0 Å². The van der Waals surface area contributed by atoms with Crippen LogP contribution < -0.4 is 5.73 Å². The number of halogens is 4. The molecule has 2 aromatic rings. The van der Waals surface area contributed by atoms with Crippen molar-refractivity contribution in [2.24, 2.45) is 5.73 Å². The number of alkyl halides is 3. The zero-order valence-corrected chi connectivity index (χ0v) is 11.5. The molecule has 0 aromatic heterocycles. The lowest BCUT2D eigenvalue weighted by Gasteiger charge is -2.12. The summed E-state index contributed by atoms with van der Waals surface area (Å²) in [6, 6.07) is 10.0. The van der Waals surface area contributed by atoms with Crippen molar-refractivity contribution in [3.63, 3.8) is 0 Å². The Kier molecular flexibility index (Phi) is 4.06. The van der Waals surface area contributed by atoms with Gasteiger partial charge < -0.3 is 5.73 Å². The quantitative estimate of drug-likeness (QED) is 0.825. The van der Waals surface area contributed by atoms with E-state index in [1.54, 1.807) is 31.2 Å². The van der Waals surface area contributed by atoms with Crippen molar-refractivity contribution in [2.75, 3.05) is 0 Å². The van der Waals surface area contributed by atoms with E-state index >= 15 is 0 Å². The molecule has 0 aliphatic carbocycles. The minimum absolute atomic E-state index is 0.211. The van der Waals surface area contributed by atoms with Crippen LogP contribution in [0.2, 0.25) is 5.02 Å². The van der Waals surface area contributed by atoms with Crippen LogP contribution in [0.3, 0.4) is 0 Å². The largest absolute Gasteiger partial charge is 0.416 e. The molecule has 2 rings (SSSR count). The normalized spacial score (nSPS) is 13.3. The topological polar surface area (TPSA) is 26.0 Å². The van der Waals surface area contributed by atoms with Gasteiger partial charge >= 0.3 is 6.18 Å². The Morgan fingerprint density at radius 2 is 1.80 bits per heavy atom. The molecule has 0 fully saturated rings. The van der Waals surface area contributed by atoms with Crippen LogP contribution in [-0.2, 0) is 6.18 Å². The average Bonchev–Trinajstić information content (AvgIpc) is 2.38. The summed E-state index contributed by atoms with van der Waals surface area (Å²) in [4.78, 5) is 0. The molecule has 0 saturated carbocycles. The summed E-state index contributed by atoms with van der Waals surface area (Å²) in [6.45, 7) is 1.80. The molecule has 20 heavy (non-hydrogen) atoms. The van der Waals surface area contributed by atoms with E-state index in [0.717, 1.165) is 17.7 Å². The van der Waals surface area contributed by atoms with E-state index in [0.29, 0.717) is 16.1 Å². The molecule has 106 valence electrons. The van der Waals surface area contributed by atoms with Crippen molar-refractivity contribution < 1.29 is 13.2 Å². The Morgan fingerprint density at radius 3 is 2.40 bits per heavy atom. The van der Waals surface area contributed by atoms with Crippen LogP contribution in [0.1, 0.15) is 24.1 Å². The second-order valence-corrected chi connectivity index (χ2v) is 5.01. The fraction of sp³-hybridized carbons (Fsp3) is 0.200. The molecule has 2 aromatic carbocycles. The molecule has 1 atom stereocenters. The van der Waals surface area contributed by atoms with Gasteiger partial charge in [0.2, 0.25) is 0 Å². The SMILES string of the molecule is CC(N)c1ccc(Cl)c(-c2cccc(C(F)(F)F)c2)c1. The van der Waals surface area contributed by atoms with Crippen molar-refractivity contribution in [1.82, 2.24) is 0 Å². The van der Waals surface area contributed by atoms with Gasteiger partial charge in [-0.1, -0.05) is 29.8 Å². The summed E-state index contributed by atoms with van der Waals surface area (Å²) in [5.74, 6) is 0. The fourth-order valence-electron chi connectivity index (χ4n) is 1.91. The fourth-order valence-corrected chi connectivity index (χ4v) is 2.14. The molecule has 0 amide bonds. The lowest BCUT2D eigenvalue weighted by atomic mass is 9.99. The molecule has 0 saturated heterocycles. The standard InChI is InChI=1S/C15H13ClF3N/c1-9(20)10-5-6-14(16)13(8-10)11-3-2-4-12(7-11)15(17,18)19/h2-9H,20H2,1H3. The third-order valence-electron chi connectivity index (χ3n) is 3.02. The molecule has 0 aliphatic heterocycles. The molecule has 0 aliphatic rings. The molecule has 0 bridgehead atoms. The second kappa shape index (κ2) is 5.46. The van der Waals surface area contributed by atoms with Gasteiger partial charge in [-0.15, -0.1) is 0 Å². The van der Waals surface area contributed by atoms with Gasteiger partial charge in [-0.05, 0) is 42.3 Å². The first-order valence-electron chi connectivity index (χ1n) is 6.01. The lowest BCUT2D eigenvalue weighted by Crippen LogP contribution is -2.06. The van der Waals surface area contributed by atoms with Crippen molar-refractivity contribution in [3.8, 4) is 11.1 Å². The summed E-state index contributed by atoms with van der Waals surface area (Å²) in [5.41, 5.74) is 6.88. The molecule has 0 heterocycles. The zero-order chi connectivity index (χ0) is 14.9. The summed E-state index contributed by atoms with van der Waals surface area (Å²) in [5, 5.41) is 0.397. The highest BCUT2D eigenvalue weighted by atomic mass is 35.5. The predicted octanol–water partition coefficient (Wildman–Crippen LogP) is 5.05. The Hall–Kier alpha value is -1.52. The van der Waals surface area contributed by atoms with Gasteiger partial charge in [0, 0.05) is 16.6 Å². The summed E-state index contributed by atoms with van der Waals surface area (Å²) in [6.07, 6.45) is -4.37. The van der Waals surface area contributed by atoms with E-state index in [2.05, 4.69) is 0 Å². The monoisotopic (exact) mass is 299 g/mol. The van der Waals surface area contributed by atoms with Gasteiger partial charge in [0.15, 0.2) is 0 Å². The van der Waals surface area contributed by atoms with Gasteiger partial charge in [-0.3, -0.25) is 0 Å². The third kappa shape index (κ3) is 3.14. The highest BCUT2D eigenvalue weighted by Gasteiger charge is 2.30. The van der Waals surface area contributed by atoms with Crippen LogP contribution in [0.5, 0.6) is 0 Å². The Bertz CT molecular complexity index is 621. The van der Waals surface area contributed by atoms with Crippen LogP contribution in [-0.4, -0.2) is 0 Å². The van der Waals surface area contributed by atoms with Gasteiger partial charge in [-0.2, -0.15) is 13.2 Å². The maximum absolute atomic E-state index is 12.7. The lowest BCUT2D eigenvalue weighted by molar-refractivity contribution is -0.137. The maximum Gasteiger partial charge on any atom is 0.416 e. The number of hydrogen-bond acceptors (Lipinski definition) is 1. The third-order valence-corrected chi connectivity index (χ3v) is 3.35. The van der Waals surface area contributed by atoms with E-state index in [-0.39, 0.29) is 6.04 Å². The van der Waals surface area contributed by atoms with E-state index in [1.165, 1.54) is 6.07 Å². The summed E-state index contributed by atoms with van der Waals surface area (Å²) >= 11 is 6.08. The molecule has 2 N–H and O–H groups in total. The highest BCUT2D eigenvalue weighted by Crippen LogP contribution is 2.35. The van der Waals surface area contributed by atoms with Gasteiger partial charge in [0.25, 0.3) is 0 Å². The Labute approximate surface area is 120 Å². The predicted molar refractivity (Wildman–Crippen MR) is 74.5 cm³/mol. The number of hydrogen-bond donors (Lipinski definition) is 1. The molecule has 1 nitrogen and oxygen atoms in total. The number of nitrogens with two attached hydrogens (primary N) is 1. The highest BCUT2D eigenvalue weighted by molar-refractivity contribution is 6.33. The van der Waals surface area contributed by atoms with Crippen molar-refractivity contribution in [2.45, 2.75) is 19.1 Å². The van der Waals surface area contributed by atoms with Gasteiger partial charge in [-0.25, -0.2) is 0 Å². The zero-order valence-electron chi connectivity index (χ0n) is 10.7. The smallest absolute Gasteiger partial charge is 0.324 e. The Balaban J connectivity index is 2.54. The van der Waals surface area contributed by atoms with Crippen molar-refractivity contribution >= 4 is 11.6 Å². The van der Waals surface area contributed by atoms with E-state index in [1.807, 2.05) is 0 Å². The first kappa shape index (κ1) is 14.9. The second-order valence-electron chi connectivity index (χ2n) is 4.61. The molecule has 0 radical (unpaired) electrons. The number of benzene rings is 2.